The van der Waals surface area contributed by atoms with Crippen LogP contribution in [0, 0.1) is 0 Å². The summed E-state index contributed by atoms with van der Waals surface area (Å²) in [5.74, 6) is 1.20. The first-order chi connectivity index (χ1) is 8.16. The quantitative estimate of drug-likeness (QED) is 0.782. The highest BCUT2D eigenvalue weighted by Gasteiger charge is 2.15. The lowest BCUT2D eigenvalue weighted by Gasteiger charge is -2.20. The Morgan fingerprint density at radius 1 is 1.18 bits per heavy atom. The Balaban J connectivity index is 2.23. The van der Waals surface area contributed by atoms with Gasteiger partial charge in [-0.3, -0.25) is 0 Å². The van der Waals surface area contributed by atoms with Crippen molar-refractivity contribution in [2.45, 2.75) is 6.42 Å². The monoisotopic (exact) mass is 257 g/mol. The summed E-state index contributed by atoms with van der Waals surface area (Å²) in [7, 11) is 3.75. The normalized spacial score (nSPS) is 16.8. The van der Waals surface area contributed by atoms with Crippen LogP contribution in [0.3, 0.4) is 0 Å². The van der Waals surface area contributed by atoms with Crippen molar-refractivity contribution >= 4 is 23.5 Å². The summed E-state index contributed by atoms with van der Waals surface area (Å²) in [6.45, 7) is 3.15. The molecule has 6 nitrogen and oxygen atoms in total. The molecule has 2 rings (SSSR count). The van der Waals surface area contributed by atoms with Crippen LogP contribution < -0.4 is 9.80 Å². The highest BCUT2D eigenvalue weighted by Crippen LogP contribution is 2.16. The Hall–Kier alpha value is -1.14. The van der Waals surface area contributed by atoms with Crippen molar-refractivity contribution in [2.75, 3.05) is 50.2 Å². The molecule has 1 aromatic heterocycles. The van der Waals surface area contributed by atoms with Crippen LogP contribution in [0.4, 0.5) is 11.9 Å². The highest BCUT2D eigenvalue weighted by atomic mass is 35.5. The predicted octanol–water partition coefficient (Wildman–Crippen LogP) is 0.818. The van der Waals surface area contributed by atoms with E-state index in [0.29, 0.717) is 18.5 Å². The second-order valence-corrected chi connectivity index (χ2v) is 4.39. The molecule has 0 N–H and O–H groups in total. The smallest absolute Gasteiger partial charge is 0.231 e. The van der Waals surface area contributed by atoms with Gasteiger partial charge in [0.25, 0.3) is 0 Å². The maximum absolute atomic E-state index is 5.91. The summed E-state index contributed by atoms with van der Waals surface area (Å²) < 4.78 is 5.40. The van der Waals surface area contributed by atoms with Crippen molar-refractivity contribution in [3.63, 3.8) is 0 Å². The maximum atomic E-state index is 5.91. The van der Waals surface area contributed by atoms with Crippen LogP contribution in [0.5, 0.6) is 0 Å². The third-order valence-electron chi connectivity index (χ3n) is 2.49. The van der Waals surface area contributed by atoms with E-state index >= 15 is 0 Å². The van der Waals surface area contributed by atoms with Crippen molar-refractivity contribution in [3.05, 3.63) is 5.28 Å². The number of ether oxygens (including phenoxy) is 1. The molecule has 0 aliphatic carbocycles. The topological polar surface area (TPSA) is 54.4 Å². The molecule has 1 fully saturated rings. The SMILES string of the molecule is CN(C)c1nc(Cl)nc(N2CCCOCC2)n1. The molecule has 0 amide bonds. The van der Waals surface area contributed by atoms with E-state index in [9.17, 15) is 0 Å². The minimum atomic E-state index is 0.226. The molecule has 0 saturated carbocycles. The van der Waals surface area contributed by atoms with Gasteiger partial charge in [-0.15, -0.1) is 0 Å². The van der Waals surface area contributed by atoms with Crippen LogP contribution in [0.25, 0.3) is 0 Å². The second kappa shape index (κ2) is 5.46. The average Bonchev–Trinajstić information content (AvgIpc) is 2.56. The molecule has 94 valence electrons. The lowest BCUT2D eigenvalue weighted by atomic mass is 10.4. The molecule has 1 aliphatic rings. The molecule has 7 heteroatoms. The molecular weight excluding hydrogens is 242 g/mol. The number of nitrogens with zero attached hydrogens (tertiary/aromatic N) is 5. The minimum absolute atomic E-state index is 0.226. The number of anilines is 2. The minimum Gasteiger partial charge on any atom is -0.380 e. The largest absolute Gasteiger partial charge is 0.380 e. The molecule has 17 heavy (non-hydrogen) atoms. The van der Waals surface area contributed by atoms with Gasteiger partial charge in [0.05, 0.1) is 6.61 Å². The van der Waals surface area contributed by atoms with Gasteiger partial charge >= 0.3 is 0 Å². The van der Waals surface area contributed by atoms with E-state index in [-0.39, 0.29) is 5.28 Å². The predicted molar refractivity (Wildman–Crippen MR) is 66.8 cm³/mol. The zero-order chi connectivity index (χ0) is 12.3. The number of aromatic nitrogens is 3. The summed E-state index contributed by atoms with van der Waals surface area (Å²) >= 11 is 5.91. The van der Waals surface area contributed by atoms with Gasteiger partial charge in [0.2, 0.25) is 17.2 Å². The summed E-state index contributed by atoms with van der Waals surface area (Å²) in [5.41, 5.74) is 0. The zero-order valence-corrected chi connectivity index (χ0v) is 10.8. The van der Waals surface area contributed by atoms with E-state index in [1.807, 2.05) is 19.0 Å². The third kappa shape index (κ3) is 3.17. The third-order valence-corrected chi connectivity index (χ3v) is 2.66. The van der Waals surface area contributed by atoms with E-state index < -0.39 is 0 Å². The van der Waals surface area contributed by atoms with Crippen molar-refractivity contribution in [1.82, 2.24) is 15.0 Å². The Labute approximate surface area is 106 Å². The van der Waals surface area contributed by atoms with Crippen molar-refractivity contribution in [1.29, 1.82) is 0 Å². The standard InChI is InChI=1S/C10H16ClN5O/c1-15(2)9-12-8(11)13-10(14-9)16-4-3-6-17-7-5-16/h3-7H2,1-2H3. The van der Waals surface area contributed by atoms with Crippen molar-refractivity contribution in [2.24, 2.45) is 0 Å². The summed E-state index contributed by atoms with van der Waals surface area (Å²) in [6, 6.07) is 0. The molecule has 0 unspecified atom stereocenters. The molecular formula is C10H16ClN5O. The van der Waals surface area contributed by atoms with Gasteiger partial charge in [-0.2, -0.15) is 15.0 Å². The summed E-state index contributed by atoms with van der Waals surface area (Å²) in [6.07, 6.45) is 0.973. The van der Waals surface area contributed by atoms with Crippen LogP contribution in [-0.2, 0) is 4.74 Å². The Bertz CT molecular complexity index is 379. The van der Waals surface area contributed by atoms with Crippen LogP contribution in [0.1, 0.15) is 6.42 Å². The average molecular weight is 258 g/mol. The van der Waals surface area contributed by atoms with E-state index in [4.69, 9.17) is 16.3 Å². The van der Waals surface area contributed by atoms with E-state index in [2.05, 4.69) is 19.9 Å². The van der Waals surface area contributed by atoms with Crippen LogP contribution in [0.15, 0.2) is 0 Å². The number of hydrogen-bond donors (Lipinski definition) is 0. The molecule has 2 heterocycles. The fraction of sp³-hybridized carbons (Fsp3) is 0.700. The molecule has 0 bridgehead atoms. The molecule has 0 spiro atoms. The summed E-state index contributed by atoms with van der Waals surface area (Å²) in [4.78, 5) is 16.5. The molecule has 0 aromatic carbocycles. The number of rotatable bonds is 2. The van der Waals surface area contributed by atoms with Crippen molar-refractivity contribution < 1.29 is 4.74 Å². The van der Waals surface area contributed by atoms with Gasteiger partial charge in [0, 0.05) is 33.8 Å². The van der Waals surface area contributed by atoms with Crippen LogP contribution in [-0.4, -0.2) is 55.4 Å². The van der Waals surface area contributed by atoms with Gasteiger partial charge in [0.15, 0.2) is 0 Å². The van der Waals surface area contributed by atoms with Crippen LogP contribution >= 0.6 is 11.6 Å². The van der Waals surface area contributed by atoms with Gasteiger partial charge in [0.1, 0.15) is 0 Å². The Kier molecular flexibility index (Phi) is 3.96. The molecule has 1 saturated heterocycles. The fourth-order valence-corrected chi connectivity index (χ4v) is 1.77. The van der Waals surface area contributed by atoms with E-state index in [1.54, 1.807) is 0 Å². The zero-order valence-electron chi connectivity index (χ0n) is 10.1. The fourth-order valence-electron chi connectivity index (χ4n) is 1.62. The number of hydrogen-bond acceptors (Lipinski definition) is 6. The lowest BCUT2D eigenvalue weighted by molar-refractivity contribution is 0.152. The Morgan fingerprint density at radius 2 is 2.00 bits per heavy atom. The first-order valence-electron chi connectivity index (χ1n) is 5.58. The summed E-state index contributed by atoms with van der Waals surface area (Å²) in [5, 5.41) is 0.226. The van der Waals surface area contributed by atoms with Crippen molar-refractivity contribution in [3.8, 4) is 0 Å². The molecule has 0 atom stereocenters. The molecule has 1 aromatic rings. The first kappa shape index (κ1) is 12.3. The first-order valence-corrected chi connectivity index (χ1v) is 5.96. The van der Waals surface area contributed by atoms with Crippen LogP contribution in [0.2, 0.25) is 5.28 Å². The number of halogens is 1. The lowest BCUT2D eigenvalue weighted by Crippen LogP contribution is -2.29. The second-order valence-electron chi connectivity index (χ2n) is 4.05. The van der Waals surface area contributed by atoms with Gasteiger partial charge in [-0.05, 0) is 18.0 Å². The van der Waals surface area contributed by atoms with Gasteiger partial charge < -0.3 is 14.5 Å². The maximum Gasteiger partial charge on any atom is 0.231 e. The van der Waals surface area contributed by atoms with Gasteiger partial charge in [-0.25, -0.2) is 0 Å². The Morgan fingerprint density at radius 3 is 2.76 bits per heavy atom. The van der Waals surface area contributed by atoms with Gasteiger partial charge in [-0.1, -0.05) is 0 Å². The van der Waals surface area contributed by atoms with E-state index in [0.717, 1.165) is 26.1 Å². The van der Waals surface area contributed by atoms with E-state index in [1.165, 1.54) is 0 Å². The highest BCUT2D eigenvalue weighted by molar-refractivity contribution is 6.28. The molecule has 1 aliphatic heterocycles. The molecule has 0 radical (unpaired) electrons.